The molecule has 0 atom stereocenters. The Hall–Kier alpha value is -5.92. The van der Waals surface area contributed by atoms with E-state index in [1.807, 2.05) is 6.07 Å². The number of hydrogen-bond donors (Lipinski definition) is 0. The minimum atomic E-state index is 0.899. The first kappa shape index (κ1) is 25.6. The maximum absolute atomic E-state index is 6.63. The molecule has 0 N–H and O–H groups in total. The number of furan rings is 1. The monoisotopic (exact) mass is 572 g/mol. The summed E-state index contributed by atoms with van der Waals surface area (Å²) in [5.74, 6) is 0.905. The van der Waals surface area contributed by atoms with Gasteiger partial charge in [-0.1, -0.05) is 158 Å². The van der Waals surface area contributed by atoms with Crippen molar-refractivity contribution in [3.63, 3.8) is 0 Å². The van der Waals surface area contributed by atoms with Crippen LogP contribution >= 0.6 is 0 Å². The van der Waals surface area contributed by atoms with E-state index in [0.717, 1.165) is 33.4 Å². The Morgan fingerprint density at radius 1 is 0.311 bits per heavy atom. The second-order valence-electron chi connectivity index (χ2n) is 11.6. The van der Waals surface area contributed by atoms with Crippen molar-refractivity contribution >= 4 is 43.3 Å². The van der Waals surface area contributed by atoms with Crippen molar-refractivity contribution in [2.75, 3.05) is 0 Å². The summed E-state index contributed by atoms with van der Waals surface area (Å²) >= 11 is 0. The van der Waals surface area contributed by atoms with E-state index in [9.17, 15) is 0 Å². The van der Waals surface area contributed by atoms with Gasteiger partial charge in [-0.3, -0.25) is 0 Å². The number of rotatable bonds is 4. The lowest BCUT2D eigenvalue weighted by Gasteiger charge is -2.18. The van der Waals surface area contributed by atoms with Crippen molar-refractivity contribution in [3.05, 3.63) is 170 Å². The Kier molecular flexibility index (Phi) is 5.89. The third kappa shape index (κ3) is 4.09. The molecule has 0 saturated heterocycles. The minimum absolute atomic E-state index is 0.899. The third-order valence-corrected chi connectivity index (χ3v) is 9.05. The topological polar surface area (TPSA) is 13.1 Å². The van der Waals surface area contributed by atoms with Crippen LogP contribution in [0.1, 0.15) is 0 Å². The lowest BCUT2D eigenvalue weighted by Crippen LogP contribution is -1.91. The summed E-state index contributed by atoms with van der Waals surface area (Å²) in [6.07, 6.45) is 0. The minimum Gasteiger partial charge on any atom is -0.455 e. The molecule has 1 heterocycles. The maximum Gasteiger partial charge on any atom is 0.143 e. The van der Waals surface area contributed by atoms with Crippen LogP contribution in [0.15, 0.2) is 174 Å². The van der Waals surface area contributed by atoms with Gasteiger partial charge in [-0.2, -0.15) is 0 Å². The molecule has 1 nitrogen and oxygen atoms in total. The fourth-order valence-corrected chi connectivity index (χ4v) is 7.11. The van der Waals surface area contributed by atoms with Crippen molar-refractivity contribution in [3.8, 4) is 44.7 Å². The maximum atomic E-state index is 6.63. The van der Waals surface area contributed by atoms with Crippen LogP contribution in [0.3, 0.4) is 0 Å². The van der Waals surface area contributed by atoms with Crippen LogP contribution in [-0.2, 0) is 0 Å². The van der Waals surface area contributed by atoms with E-state index in [0.29, 0.717) is 0 Å². The van der Waals surface area contributed by atoms with Gasteiger partial charge in [-0.05, 0) is 72.3 Å². The Balaban J connectivity index is 1.33. The Morgan fingerprint density at radius 3 is 1.33 bits per heavy atom. The lowest BCUT2D eigenvalue weighted by atomic mass is 9.85. The summed E-state index contributed by atoms with van der Waals surface area (Å²) in [4.78, 5) is 0. The van der Waals surface area contributed by atoms with Crippen LogP contribution in [0.25, 0.3) is 88.0 Å². The van der Waals surface area contributed by atoms with Crippen LogP contribution in [0.5, 0.6) is 0 Å². The predicted octanol–water partition coefficient (Wildman–Crippen LogP) is 12.6. The second-order valence-corrected chi connectivity index (χ2v) is 11.6. The molecule has 0 spiro atoms. The molecule has 0 aliphatic heterocycles. The molecule has 1 heteroatoms. The predicted molar refractivity (Wildman–Crippen MR) is 190 cm³/mol. The summed E-state index contributed by atoms with van der Waals surface area (Å²) in [7, 11) is 0. The highest BCUT2D eigenvalue weighted by molar-refractivity contribution is 6.22. The van der Waals surface area contributed by atoms with E-state index < -0.39 is 0 Å². The standard InChI is InChI=1S/C44H28O/c1-4-14-29(15-5-1)40-35-20-10-12-22-37(35)41(38-23-13-11-21-36(38)40)33-24-26-34-32(28-33)25-27-39-43(34)42(30-16-6-2-7-17-30)44(45-39)31-18-8-3-9-19-31/h1-28H. The zero-order valence-electron chi connectivity index (χ0n) is 24.6. The molecule has 0 bridgehead atoms. The van der Waals surface area contributed by atoms with Gasteiger partial charge < -0.3 is 4.42 Å². The van der Waals surface area contributed by atoms with Gasteiger partial charge in [0.25, 0.3) is 0 Å². The van der Waals surface area contributed by atoms with Crippen molar-refractivity contribution in [2.45, 2.75) is 0 Å². The zero-order valence-corrected chi connectivity index (χ0v) is 24.6. The summed E-state index contributed by atoms with van der Waals surface area (Å²) in [5.41, 5.74) is 9.26. The highest BCUT2D eigenvalue weighted by atomic mass is 16.3. The zero-order chi connectivity index (χ0) is 29.7. The molecule has 0 fully saturated rings. The van der Waals surface area contributed by atoms with Gasteiger partial charge in [0.15, 0.2) is 0 Å². The molecule has 0 aliphatic rings. The molecule has 0 amide bonds. The van der Waals surface area contributed by atoms with E-state index in [1.54, 1.807) is 0 Å². The first-order valence-corrected chi connectivity index (χ1v) is 15.4. The molecule has 9 rings (SSSR count). The summed E-state index contributed by atoms with van der Waals surface area (Å²) in [6.45, 7) is 0. The summed E-state index contributed by atoms with van der Waals surface area (Å²) in [5, 5.41) is 8.58. The van der Waals surface area contributed by atoms with E-state index in [4.69, 9.17) is 4.42 Å². The average Bonchev–Trinajstić information content (AvgIpc) is 3.52. The fraction of sp³-hybridized carbons (Fsp3) is 0. The number of hydrogen-bond acceptors (Lipinski definition) is 1. The molecular formula is C44H28O. The molecule has 9 aromatic rings. The molecular weight excluding hydrogens is 544 g/mol. The Bertz CT molecular complexity index is 2450. The van der Waals surface area contributed by atoms with Gasteiger partial charge in [-0.25, -0.2) is 0 Å². The second kappa shape index (κ2) is 10.4. The van der Waals surface area contributed by atoms with Crippen LogP contribution in [0, 0.1) is 0 Å². The van der Waals surface area contributed by atoms with E-state index in [-0.39, 0.29) is 0 Å². The first-order chi connectivity index (χ1) is 22.3. The van der Waals surface area contributed by atoms with E-state index in [1.165, 1.54) is 54.6 Å². The molecule has 45 heavy (non-hydrogen) atoms. The Labute approximate surface area is 261 Å². The van der Waals surface area contributed by atoms with Crippen molar-refractivity contribution in [2.24, 2.45) is 0 Å². The SMILES string of the molecule is c1ccc(-c2oc3ccc4cc(-c5c6ccccc6c(-c6ccccc6)c6ccccc56)ccc4c3c2-c2ccccc2)cc1. The van der Waals surface area contributed by atoms with Gasteiger partial charge in [0, 0.05) is 16.5 Å². The highest BCUT2D eigenvalue weighted by Gasteiger charge is 2.21. The van der Waals surface area contributed by atoms with Gasteiger partial charge >= 0.3 is 0 Å². The van der Waals surface area contributed by atoms with E-state index in [2.05, 4.69) is 164 Å². The normalized spacial score (nSPS) is 11.6. The van der Waals surface area contributed by atoms with E-state index >= 15 is 0 Å². The van der Waals surface area contributed by atoms with Crippen LogP contribution in [0.2, 0.25) is 0 Å². The van der Waals surface area contributed by atoms with Crippen molar-refractivity contribution in [1.82, 2.24) is 0 Å². The van der Waals surface area contributed by atoms with Gasteiger partial charge in [-0.15, -0.1) is 0 Å². The first-order valence-electron chi connectivity index (χ1n) is 15.4. The van der Waals surface area contributed by atoms with Gasteiger partial charge in [0.1, 0.15) is 11.3 Å². The van der Waals surface area contributed by atoms with Crippen molar-refractivity contribution in [1.29, 1.82) is 0 Å². The smallest absolute Gasteiger partial charge is 0.143 e. The summed E-state index contributed by atoms with van der Waals surface area (Å²) < 4.78 is 6.63. The number of fused-ring (bicyclic) bond motifs is 5. The molecule has 0 radical (unpaired) electrons. The molecule has 0 saturated carbocycles. The largest absolute Gasteiger partial charge is 0.455 e. The average molecular weight is 573 g/mol. The van der Waals surface area contributed by atoms with Gasteiger partial charge in [0.2, 0.25) is 0 Å². The summed E-state index contributed by atoms with van der Waals surface area (Å²) in [6, 6.07) is 60.8. The Morgan fingerprint density at radius 2 is 0.778 bits per heavy atom. The molecule has 0 aliphatic carbocycles. The third-order valence-electron chi connectivity index (χ3n) is 9.05. The molecule has 8 aromatic carbocycles. The van der Waals surface area contributed by atoms with Crippen molar-refractivity contribution < 1.29 is 4.42 Å². The van der Waals surface area contributed by atoms with Gasteiger partial charge in [0.05, 0.1) is 0 Å². The molecule has 1 aromatic heterocycles. The van der Waals surface area contributed by atoms with Crippen LogP contribution in [0.4, 0.5) is 0 Å². The lowest BCUT2D eigenvalue weighted by molar-refractivity contribution is 0.632. The molecule has 0 unspecified atom stereocenters. The quantitative estimate of drug-likeness (QED) is 0.191. The highest BCUT2D eigenvalue weighted by Crippen LogP contribution is 2.47. The number of benzene rings is 8. The van der Waals surface area contributed by atoms with Crippen LogP contribution in [-0.4, -0.2) is 0 Å². The molecule has 210 valence electrons. The fourth-order valence-electron chi connectivity index (χ4n) is 7.11. The van der Waals surface area contributed by atoms with Crippen LogP contribution < -0.4 is 0 Å².